The summed E-state index contributed by atoms with van der Waals surface area (Å²) in [4.78, 5) is 52.1. The second-order valence-electron chi connectivity index (χ2n) is 7.70. The van der Waals surface area contributed by atoms with Gasteiger partial charge in [0.15, 0.2) is 0 Å². The minimum absolute atomic E-state index is 0.00301. The third kappa shape index (κ3) is 4.01. The van der Waals surface area contributed by atoms with Crippen molar-refractivity contribution in [2.75, 3.05) is 35.3 Å². The fourth-order valence-electron chi connectivity index (χ4n) is 4.10. The number of ether oxygens (including phenoxy) is 1. The Morgan fingerprint density at radius 1 is 1.13 bits per heavy atom. The molecule has 8 heteroatoms. The summed E-state index contributed by atoms with van der Waals surface area (Å²) in [6, 6.07) is 12.1. The largest absolute Gasteiger partial charge is 0.465 e. The van der Waals surface area contributed by atoms with Crippen LogP contribution in [0.1, 0.15) is 29.3 Å². The Balaban J connectivity index is 1.46. The number of carbonyl (C=O) groups excluding carboxylic acids is 4. The zero-order valence-electron chi connectivity index (χ0n) is 17.4. The van der Waals surface area contributed by atoms with Gasteiger partial charge in [0.1, 0.15) is 0 Å². The number of fused-ring (bicyclic) bond motifs is 1. The molecule has 0 radical (unpaired) electrons. The van der Waals surface area contributed by atoms with Gasteiger partial charge < -0.3 is 19.9 Å². The molecule has 0 aromatic heterocycles. The summed E-state index contributed by atoms with van der Waals surface area (Å²) < 4.78 is 4.70. The number of hydrogen-bond acceptors (Lipinski definition) is 5. The van der Waals surface area contributed by atoms with Gasteiger partial charge in [-0.15, -0.1) is 0 Å². The number of carbonyl (C=O) groups is 4. The van der Waals surface area contributed by atoms with Crippen molar-refractivity contribution in [3.8, 4) is 0 Å². The van der Waals surface area contributed by atoms with Crippen LogP contribution in [0.25, 0.3) is 0 Å². The van der Waals surface area contributed by atoms with Gasteiger partial charge in [0.05, 0.1) is 18.6 Å². The molecule has 31 heavy (non-hydrogen) atoms. The lowest BCUT2D eigenvalue weighted by atomic mass is 10.1. The van der Waals surface area contributed by atoms with E-state index in [1.165, 1.54) is 14.0 Å². The average molecular weight is 421 g/mol. The summed E-state index contributed by atoms with van der Waals surface area (Å²) in [5.41, 5.74) is 3.44. The maximum Gasteiger partial charge on any atom is 0.337 e. The molecule has 0 saturated carbocycles. The molecule has 2 aliphatic rings. The number of methoxy groups -OCH3 is 1. The van der Waals surface area contributed by atoms with Crippen LogP contribution in [0.15, 0.2) is 42.5 Å². The van der Waals surface area contributed by atoms with Crippen LogP contribution in [-0.2, 0) is 25.5 Å². The Kier molecular flexibility index (Phi) is 5.46. The molecule has 0 bridgehead atoms. The van der Waals surface area contributed by atoms with E-state index in [2.05, 4.69) is 5.32 Å². The molecule has 2 aliphatic heterocycles. The Bertz CT molecular complexity index is 1080. The van der Waals surface area contributed by atoms with Gasteiger partial charge in [-0.1, -0.05) is 6.07 Å². The van der Waals surface area contributed by atoms with Gasteiger partial charge in [-0.05, 0) is 48.4 Å². The Morgan fingerprint density at radius 3 is 2.68 bits per heavy atom. The van der Waals surface area contributed by atoms with Crippen LogP contribution >= 0.6 is 0 Å². The van der Waals surface area contributed by atoms with E-state index in [0.29, 0.717) is 17.8 Å². The molecule has 4 rings (SSSR count). The topological polar surface area (TPSA) is 96.0 Å². The van der Waals surface area contributed by atoms with Crippen LogP contribution in [0, 0.1) is 5.92 Å². The predicted octanol–water partition coefficient (Wildman–Crippen LogP) is 2.37. The molecule has 2 aromatic rings. The monoisotopic (exact) mass is 421 g/mol. The van der Waals surface area contributed by atoms with E-state index in [4.69, 9.17) is 4.74 Å². The van der Waals surface area contributed by atoms with Crippen molar-refractivity contribution in [1.29, 1.82) is 0 Å². The first-order valence-corrected chi connectivity index (χ1v) is 10.1. The zero-order chi connectivity index (χ0) is 22.1. The van der Waals surface area contributed by atoms with E-state index < -0.39 is 11.9 Å². The maximum absolute atomic E-state index is 12.7. The van der Waals surface area contributed by atoms with E-state index in [0.717, 1.165) is 23.4 Å². The molecule has 1 N–H and O–H groups in total. The van der Waals surface area contributed by atoms with Crippen molar-refractivity contribution in [3.05, 3.63) is 53.6 Å². The highest BCUT2D eigenvalue weighted by Crippen LogP contribution is 2.34. The molecule has 0 aliphatic carbocycles. The van der Waals surface area contributed by atoms with Gasteiger partial charge in [-0.3, -0.25) is 14.4 Å². The number of nitrogens with one attached hydrogen (secondary N) is 1. The molecule has 2 heterocycles. The van der Waals surface area contributed by atoms with E-state index in [1.54, 1.807) is 34.1 Å². The second-order valence-corrected chi connectivity index (χ2v) is 7.70. The molecule has 1 atom stereocenters. The molecular weight excluding hydrogens is 398 g/mol. The maximum atomic E-state index is 12.7. The van der Waals surface area contributed by atoms with Gasteiger partial charge in [0.25, 0.3) is 0 Å². The van der Waals surface area contributed by atoms with Gasteiger partial charge in [-0.25, -0.2) is 4.79 Å². The van der Waals surface area contributed by atoms with Crippen molar-refractivity contribution in [2.24, 2.45) is 5.92 Å². The SMILES string of the molecule is COC(=O)c1cccc(NC(=O)[C@@H]2CC(=O)N(c3ccc4c(c3)CCN4C(C)=O)C2)c1. The van der Waals surface area contributed by atoms with Crippen molar-refractivity contribution >= 4 is 40.8 Å². The highest BCUT2D eigenvalue weighted by atomic mass is 16.5. The summed E-state index contributed by atoms with van der Waals surface area (Å²) in [6.45, 7) is 2.45. The molecular formula is C23H23N3O5. The molecule has 0 unspecified atom stereocenters. The van der Waals surface area contributed by atoms with Gasteiger partial charge in [-0.2, -0.15) is 0 Å². The molecule has 8 nitrogen and oxygen atoms in total. The van der Waals surface area contributed by atoms with Crippen LogP contribution < -0.4 is 15.1 Å². The second kappa shape index (κ2) is 8.22. The summed E-state index contributed by atoms with van der Waals surface area (Å²) >= 11 is 0. The van der Waals surface area contributed by atoms with Crippen molar-refractivity contribution < 1.29 is 23.9 Å². The number of amides is 3. The Morgan fingerprint density at radius 2 is 1.94 bits per heavy atom. The fraction of sp³-hybridized carbons (Fsp3) is 0.304. The van der Waals surface area contributed by atoms with Crippen LogP contribution in [0.4, 0.5) is 17.1 Å². The first kappa shape index (κ1) is 20.6. The Hall–Kier alpha value is -3.68. The molecule has 0 spiro atoms. The fourth-order valence-corrected chi connectivity index (χ4v) is 4.10. The van der Waals surface area contributed by atoms with Crippen molar-refractivity contribution in [1.82, 2.24) is 0 Å². The normalized spacial score (nSPS) is 17.5. The number of esters is 1. The van der Waals surface area contributed by atoms with Gasteiger partial charge in [0.2, 0.25) is 17.7 Å². The highest BCUT2D eigenvalue weighted by Gasteiger charge is 2.36. The quantitative estimate of drug-likeness (QED) is 0.765. The predicted molar refractivity (Wildman–Crippen MR) is 115 cm³/mol. The molecule has 3 amide bonds. The van der Waals surface area contributed by atoms with Crippen LogP contribution in [0.2, 0.25) is 0 Å². The lowest BCUT2D eigenvalue weighted by Crippen LogP contribution is -2.28. The van der Waals surface area contributed by atoms with E-state index in [1.807, 2.05) is 18.2 Å². The molecule has 160 valence electrons. The smallest absolute Gasteiger partial charge is 0.337 e. The van der Waals surface area contributed by atoms with Crippen molar-refractivity contribution in [2.45, 2.75) is 19.8 Å². The summed E-state index contributed by atoms with van der Waals surface area (Å²) in [5, 5.41) is 2.79. The lowest BCUT2D eigenvalue weighted by Gasteiger charge is -2.19. The summed E-state index contributed by atoms with van der Waals surface area (Å²) in [6.07, 6.45) is 0.852. The number of hydrogen-bond donors (Lipinski definition) is 1. The third-order valence-electron chi connectivity index (χ3n) is 5.70. The van der Waals surface area contributed by atoms with E-state index in [-0.39, 0.29) is 30.7 Å². The molecule has 1 fully saturated rings. The number of anilines is 3. The number of nitrogens with zero attached hydrogens (tertiary/aromatic N) is 2. The van der Waals surface area contributed by atoms with Crippen LogP contribution in [-0.4, -0.2) is 43.9 Å². The van der Waals surface area contributed by atoms with Crippen LogP contribution in [0.3, 0.4) is 0 Å². The zero-order valence-corrected chi connectivity index (χ0v) is 17.4. The van der Waals surface area contributed by atoms with Gasteiger partial charge in [0, 0.05) is 43.5 Å². The minimum atomic E-state index is -0.503. The Labute approximate surface area is 179 Å². The molecule has 2 aromatic carbocycles. The first-order valence-electron chi connectivity index (χ1n) is 10.1. The average Bonchev–Trinajstić information content (AvgIpc) is 3.36. The number of rotatable bonds is 4. The number of benzene rings is 2. The lowest BCUT2D eigenvalue weighted by molar-refractivity contribution is -0.122. The van der Waals surface area contributed by atoms with Crippen molar-refractivity contribution in [3.63, 3.8) is 0 Å². The van der Waals surface area contributed by atoms with E-state index >= 15 is 0 Å². The van der Waals surface area contributed by atoms with Crippen LogP contribution in [0.5, 0.6) is 0 Å². The van der Waals surface area contributed by atoms with E-state index in [9.17, 15) is 19.2 Å². The molecule has 1 saturated heterocycles. The highest BCUT2D eigenvalue weighted by molar-refractivity contribution is 6.04. The first-order chi connectivity index (χ1) is 14.9. The van der Waals surface area contributed by atoms with Gasteiger partial charge >= 0.3 is 5.97 Å². The minimum Gasteiger partial charge on any atom is -0.465 e. The standard InChI is InChI=1S/C23H23N3O5/c1-14(27)25-9-8-15-11-19(6-7-20(15)25)26-13-17(12-21(26)28)22(29)24-18-5-3-4-16(10-18)23(30)31-2/h3-7,10-11,17H,8-9,12-13H2,1-2H3,(H,24,29)/t17-/m1/s1. The summed E-state index contributed by atoms with van der Waals surface area (Å²) in [7, 11) is 1.29. The summed E-state index contributed by atoms with van der Waals surface area (Å²) in [5.74, 6) is -1.39. The third-order valence-corrected chi connectivity index (χ3v) is 5.70.